The fourth-order valence-electron chi connectivity index (χ4n) is 1.28. The molecule has 4 nitrogen and oxygen atoms in total. The molecule has 0 aliphatic heterocycles. The van der Waals surface area contributed by atoms with Gasteiger partial charge >= 0.3 is 5.97 Å². The van der Waals surface area contributed by atoms with Crippen molar-refractivity contribution >= 4 is 17.6 Å². The van der Waals surface area contributed by atoms with Gasteiger partial charge in [-0.05, 0) is 31.2 Å². The van der Waals surface area contributed by atoms with Crippen molar-refractivity contribution < 1.29 is 19.0 Å². The summed E-state index contributed by atoms with van der Waals surface area (Å²) in [6, 6.07) is 6.81. The Labute approximate surface area is 112 Å². The van der Waals surface area contributed by atoms with Crippen molar-refractivity contribution in [2.45, 2.75) is 6.92 Å². The van der Waals surface area contributed by atoms with Crippen LogP contribution in [0.1, 0.15) is 17.3 Å². The lowest BCUT2D eigenvalue weighted by Gasteiger charge is -2.07. The zero-order valence-electron chi connectivity index (χ0n) is 10.4. The minimum atomic E-state index is -0.325. The van der Waals surface area contributed by atoms with Crippen LogP contribution in [0.4, 0.5) is 0 Å². The van der Waals surface area contributed by atoms with E-state index in [1.807, 2.05) is 0 Å². The summed E-state index contributed by atoms with van der Waals surface area (Å²) >= 11 is 5.46. The number of alkyl halides is 1. The predicted molar refractivity (Wildman–Crippen MR) is 69.4 cm³/mol. The molecule has 0 spiro atoms. The van der Waals surface area contributed by atoms with Crippen molar-refractivity contribution in [3.05, 3.63) is 29.8 Å². The Morgan fingerprint density at radius 2 is 1.89 bits per heavy atom. The number of esters is 1. The lowest BCUT2D eigenvalue weighted by atomic mass is 10.2. The summed E-state index contributed by atoms with van der Waals surface area (Å²) in [6.45, 7) is 3.61. The second-order valence-corrected chi connectivity index (χ2v) is 3.77. The Balaban J connectivity index is 2.33. The highest BCUT2D eigenvalue weighted by Crippen LogP contribution is 2.12. The van der Waals surface area contributed by atoms with Gasteiger partial charge in [-0.3, -0.25) is 0 Å². The van der Waals surface area contributed by atoms with Crippen molar-refractivity contribution in [3.63, 3.8) is 0 Å². The minimum Gasteiger partial charge on any atom is -0.491 e. The van der Waals surface area contributed by atoms with Gasteiger partial charge < -0.3 is 14.2 Å². The fraction of sp³-hybridized carbons (Fsp3) is 0.462. The highest BCUT2D eigenvalue weighted by molar-refractivity contribution is 6.17. The Hall–Kier alpha value is -1.26. The molecule has 0 aliphatic carbocycles. The first-order valence-corrected chi connectivity index (χ1v) is 6.35. The lowest BCUT2D eigenvalue weighted by molar-refractivity contribution is 0.0526. The van der Waals surface area contributed by atoms with E-state index in [1.165, 1.54) is 0 Å². The van der Waals surface area contributed by atoms with Crippen molar-refractivity contribution in [1.82, 2.24) is 0 Å². The molecule has 0 amide bonds. The molecule has 18 heavy (non-hydrogen) atoms. The first kappa shape index (κ1) is 14.8. The number of halogens is 1. The second-order valence-electron chi connectivity index (χ2n) is 3.39. The molecule has 0 fully saturated rings. The molecule has 0 radical (unpaired) electrons. The van der Waals surface area contributed by atoms with E-state index in [0.717, 1.165) is 0 Å². The number of rotatable bonds is 8. The molecule has 0 heterocycles. The van der Waals surface area contributed by atoms with Crippen LogP contribution < -0.4 is 4.74 Å². The number of hydrogen-bond donors (Lipinski definition) is 0. The highest BCUT2D eigenvalue weighted by Gasteiger charge is 2.05. The molecule has 1 aromatic carbocycles. The van der Waals surface area contributed by atoms with Crippen molar-refractivity contribution in [2.75, 3.05) is 32.3 Å². The van der Waals surface area contributed by atoms with Crippen LogP contribution >= 0.6 is 11.6 Å². The van der Waals surface area contributed by atoms with E-state index in [9.17, 15) is 4.79 Å². The van der Waals surface area contributed by atoms with Crippen molar-refractivity contribution in [3.8, 4) is 5.75 Å². The van der Waals surface area contributed by atoms with Crippen molar-refractivity contribution in [2.24, 2.45) is 0 Å². The van der Waals surface area contributed by atoms with Crippen LogP contribution in [-0.2, 0) is 9.47 Å². The maximum atomic E-state index is 11.4. The molecular weight excluding hydrogens is 256 g/mol. The average Bonchev–Trinajstić information content (AvgIpc) is 2.39. The molecule has 0 bridgehead atoms. The molecule has 0 atom stereocenters. The quantitative estimate of drug-likeness (QED) is 0.414. The third kappa shape index (κ3) is 5.38. The third-order valence-corrected chi connectivity index (χ3v) is 2.24. The normalized spacial score (nSPS) is 10.1. The summed E-state index contributed by atoms with van der Waals surface area (Å²) in [7, 11) is 0. The van der Waals surface area contributed by atoms with Crippen LogP contribution in [0.3, 0.4) is 0 Å². The Bertz CT molecular complexity index is 351. The van der Waals surface area contributed by atoms with Gasteiger partial charge in [0.25, 0.3) is 0 Å². The number of ether oxygens (including phenoxy) is 3. The molecule has 0 saturated carbocycles. The summed E-state index contributed by atoms with van der Waals surface area (Å²) < 4.78 is 15.5. The summed E-state index contributed by atoms with van der Waals surface area (Å²) in [5.41, 5.74) is 0.516. The number of carbonyl (C=O) groups is 1. The van der Waals surface area contributed by atoms with Gasteiger partial charge in [-0.25, -0.2) is 4.79 Å². The zero-order chi connectivity index (χ0) is 13.2. The molecule has 0 saturated heterocycles. The molecule has 100 valence electrons. The predicted octanol–water partition coefficient (Wildman–Crippen LogP) is 2.50. The second kappa shape index (κ2) is 8.78. The number of carbonyl (C=O) groups excluding carboxylic acids is 1. The fourth-order valence-corrected chi connectivity index (χ4v) is 1.39. The third-order valence-electron chi connectivity index (χ3n) is 2.08. The van der Waals surface area contributed by atoms with Gasteiger partial charge in [-0.2, -0.15) is 0 Å². The summed E-state index contributed by atoms with van der Waals surface area (Å²) in [4.78, 5) is 11.4. The molecule has 5 heteroatoms. The van der Waals surface area contributed by atoms with E-state index in [1.54, 1.807) is 31.2 Å². The Morgan fingerprint density at radius 3 is 2.50 bits per heavy atom. The molecule has 0 N–H and O–H groups in total. The molecule has 1 aromatic rings. The summed E-state index contributed by atoms with van der Waals surface area (Å²) in [5, 5.41) is 0. The first-order valence-electron chi connectivity index (χ1n) is 5.81. The van der Waals surface area contributed by atoms with Crippen LogP contribution in [0.15, 0.2) is 24.3 Å². The largest absolute Gasteiger partial charge is 0.491 e. The summed E-state index contributed by atoms with van der Waals surface area (Å²) in [5.74, 6) is 0.848. The van der Waals surface area contributed by atoms with E-state index in [2.05, 4.69) is 0 Å². The van der Waals surface area contributed by atoms with Crippen LogP contribution in [-0.4, -0.2) is 38.3 Å². The van der Waals surface area contributed by atoms with Crippen LogP contribution in [0.25, 0.3) is 0 Å². The molecule has 0 aromatic heterocycles. The van der Waals surface area contributed by atoms with E-state index < -0.39 is 0 Å². The Kier molecular flexibility index (Phi) is 7.22. The first-order chi connectivity index (χ1) is 8.77. The van der Waals surface area contributed by atoms with Gasteiger partial charge in [0.1, 0.15) is 12.4 Å². The summed E-state index contributed by atoms with van der Waals surface area (Å²) in [6.07, 6.45) is 0. The topological polar surface area (TPSA) is 44.8 Å². The highest BCUT2D eigenvalue weighted by atomic mass is 35.5. The van der Waals surface area contributed by atoms with Gasteiger partial charge in [0, 0.05) is 5.88 Å². The van der Waals surface area contributed by atoms with Crippen molar-refractivity contribution in [1.29, 1.82) is 0 Å². The van der Waals surface area contributed by atoms with Crippen LogP contribution in [0.2, 0.25) is 0 Å². The minimum absolute atomic E-state index is 0.325. The van der Waals surface area contributed by atoms with E-state index >= 15 is 0 Å². The molecule has 1 rings (SSSR count). The Morgan fingerprint density at radius 1 is 1.17 bits per heavy atom. The maximum absolute atomic E-state index is 11.4. The zero-order valence-corrected chi connectivity index (χ0v) is 11.1. The van der Waals surface area contributed by atoms with Gasteiger partial charge in [0.2, 0.25) is 0 Å². The van der Waals surface area contributed by atoms with Crippen LogP contribution in [0.5, 0.6) is 5.75 Å². The van der Waals surface area contributed by atoms with E-state index in [4.69, 9.17) is 25.8 Å². The lowest BCUT2D eigenvalue weighted by Crippen LogP contribution is -2.08. The van der Waals surface area contributed by atoms with E-state index in [-0.39, 0.29) is 5.97 Å². The van der Waals surface area contributed by atoms with Crippen LogP contribution in [0, 0.1) is 0 Å². The van der Waals surface area contributed by atoms with E-state index in [0.29, 0.717) is 43.6 Å². The van der Waals surface area contributed by atoms with Gasteiger partial charge in [0.15, 0.2) is 0 Å². The SMILES string of the molecule is CCOC(=O)c1ccc(OCCOCCCl)cc1. The monoisotopic (exact) mass is 272 g/mol. The molecule has 0 aliphatic rings. The molecular formula is C13H17ClO4. The number of hydrogen-bond acceptors (Lipinski definition) is 4. The number of benzene rings is 1. The smallest absolute Gasteiger partial charge is 0.338 e. The van der Waals surface area contributed by atoms with Gasteiger partial charge in [0.05, 0.1) is 25.4 Å². The van der Waals surface area contributed by atoms with Gasteiger partial charge in [-0.15, -0.1) is 11.6 Å². The average molecular weight is 273 g/mol. The maximum Gasteiger partial charge on any atom is 0.338 e. The van der Waals surface area contributed by atoms with Gasteiger partial charge in [-0.1, -0.05) is 0 Å². The standard InChI is InChI=1S/C13H17ClO4/c1-2-17-13(15)11-3-5-12(6-4-11)18-10-9-16-8-7-14/h3-6H,2,7-10H2,1H3. The molecule has 0 unspecified atom stereocenters.